The number of rotatable bonds is 6. The maximum atomic E-state index is 14.1. The number of nitrogens with zero attached hydrogens (tertiary/aromatic N) is 2. The van der Waals surface area contributed by atoms with E-state index in [9.17, 15) is 32.4 Å². The van der Waals surface area contributed by atoms with Crippen molar-refractivity contribution in [3.63, 3.8) is 0 Å². The average molecular weight is 678 g/mol. The number of esters is 1. The van der Waals surface area contributed by atoms with Gasteiger partial charge in [0.1, 0.15) is 35.1 Å². The molecule has 3 N–H and O–H groups in total. The molecule has 4 aliphatic rings. The molecule has 47 heavy (non-hydrogen) atoms. The molecule has 16 heteroatoms. The smallest absolute Gasteiger partial charge is 0.408 e. The largest absolute Gasteiger partial charge is 0.456 e. The van der Waals surface area contributed by atoms with Crippen molar-refractivity contribution >= 4 is 39.8 Å². The van der Waals surface area contributed by atoms with Crippen LogP contribution in [0.5, 0.6) is 0 Å². The van der Waals surface area contributed by atoms with Crippen LogP contribution in [0.2, 0.25) is 0 Å². The molecule has 0 unspecified atom stereocenters. The third-order valence-corrected chi connectivity index (χ3v) is 10.5. The van der Waals surface area contributed by atoms with Gasteiger partial charge in [0.15, 0.2) is 5.69 Å². The molecule has 1 aromatic rings. The number of ether oxygens (including phenoxy) is 2. The first kappa shape index (κ1) is 34.4. The van der Waals surface area contributed by atoms with E-state index < -0.39 is 80.3 Å². The van der Waals surface area contributed by atoms with Crippen LogP contribution in [-0.4, -0.2) is 89.4 Å². The van der Waals surface area contributed by atoms with E-state index in [1.54, 1.807) is 27.7 Å². The molecule has 2 aliphatic heterocycles. The fourth-order valence-corrected chi connectivity index (χ4v) is 7.34. The SMILES string of the molecule is Cc1cc(C(=O)O[C@@H]2C[C@H]3C(=O)N[C@]4(C(=O)NS(=O)(=O)C5CC5)C[C@H]4/C=C\CCCCC[C@H](NC(=O)OC(C)(C)C)C(=O)N3C2)no1. The highest BCUT2D eigenvalue weighted by molar-refractivity contribution is 7.91. The van der Waals surface area contributed by atoms with E-state index in [2.05, 4.69) is 20.5 Å². The molecule has 2 saturated carbocycles. The molecule has 5 rings (SSSR count). The lowest BCUT2D eigenvalue weighted by Gasteiger charge is -2.30. The van der Waals surface area contributed by atoms with E-state index in [-0.39, 0.29) is 31.5 Å². The molecule has 5 atom stereocenters. The van der Waals surface area contributed by atoms with Crippen LogP contribution < -0.4 is 15.4 Å². The number of fused-ring (bicyclic) bond motifs is 2. The number of aromatic nitrogens is 1. The first-order chi connectivity index (χ1) is 22.1. The second kappa shape index (κ2) is 13.3. The van der Waals surface area contributed by atoms with Crippen molar-refractivity contribution in [2.24, 2.45) is 5.92 Å². The molecule has 1 aromatic heterocycles. The maximum absolute atomic E-state index is 14.1. The summed E-state index contributed by atoms with van der Waals surface area (Å²) in [6.45, 7) is 6.52. The summed E-state index contributed by atoms with van der Waals surface area (Å²) in [5.41, 5.74) is -2.44. The summed E-state index contributed by atoms with van der Waals surface area (Å²) in [6, 6.07) is -0.862. The molecule has 0 radical (unpaired) electrons. The zero-order chi connectivity index (χ0) is 34.1. The summed E-state index contributed by atoms with van der Waals surface area (Å²) in [6.07, 6.45) is 6.00. The van der Waals surface area contributed by atoms with E-state index in [4.69, 9.17) is 14.0 Å². The van der Waals surface area contributed by atoms with Crippen LogP contribution in [-0.2, 0) is 33.9 Å². The quantitative estimate of drug-likeness (QED) is 0.294. The number of amides is 4. The maximum Gasteiger partial charge on any atom is 0.408 e. The first-order valence-electron chi connectivity index (χ1n) is 16.1. The van der Waals surface area contributed by atoms with Crippen LogP contribution >= 0.6 is 0 Å². The number of hydrogen-bond donors (Lipinski definition) is 3. The van der Waals surface area contributed by atoms with Crippen molar-refractivity contribution in [3.05, 3.63) is 29.7 Å². The van der Waals surface area contributed by atoms with Gasteiger partial charge in [-0.2, -0.15) is 0 Å². The van der Waals surface area contributed by atoms with Crippen molar-refractivity contribution < 1.29 is 46.4 Å². The third-order valence-electron chi connectivity index (χ3n) is 8.64. The predicted molar refractivity (Wildman–Crippen MR) is 165 cm³/mol. The summed E-state index contributed by atoms with van der Waals surface area (Å²) in [5.74, 6) is -3.00. The Morgan fingerprint density at radius 2 is 1.87 bits per heavy atom. The summed E-state index contributed by atoms with van der Waals surface area (Å²) in [7, 11) is -3.90. The van der Waals surface area contributed by atoms with Crippen LogP contribution in [0.3, 0.4) is 0 Å². The number of allylic oxidation sites excluding steroid dienone is 1. The summed E-state index contributed by atoms with van der Waals surface area (Å²) >= 11 is 0. The Hall–Kier alpha value is -3.95. The molecule has 15 nitrogen and oxygen atoms in total. The molecule has 0 spiro atoms. The number of hydrogen-bond acceptors (Lipinski definition) is 11. The van der Waals surface area contributed by atoms with Crippen molar-refractivity contribution in [2.45, 2.75) is 120 Å². The molecule has 1 saturated heterocycles. The second-order valence-corrected chi connectivity index (χ2v) is 15.8. The predicted octanol–water partition coefficient (Wildman–Crippen LogP) is 2.01. The zero-order valence-electron chi connectivity index (χ0n) is 27.1. The van der Waals surface area contributed by atoms with E-state index in [1.807, 2.05) is 12.2 Å². The molecule has 3 heterocycles. The first-order valence-corrected chi connectivity index (χ1v) is 17.6. The van der Waals surface area contributed by atoms with Gasteiger partial charge < -0.3 is 29.5 Å². The van der Waals surface area contributed by atoms with E-state index >= 15 is 0 Å². The summed E-state index contributed by atoms with van der Waals surface area (Å²) < 4.78 is 43.5. The number of alkyl carbamates (subject to hydrolysis) is 1. The lowest BCUT2D eigenvalue weighted by atomic mass is 10.0. The van der Waals surface area contributed by atoms with Gasteiger partial charge in [-0.15, -0.1) is 0 Å². The monoisotopic (exact) mass is 677 g/mol. The van der Waals surface area contributed by atoms with Crippen molar-refractivity contribution in [1.82, 2.24) is 25.4 Å². The number of carbonyl (C=O) groups is 5. The lowest BCUT2D eigenvalue weighted by Crippen LogP contribution is -2.58. The molecular formula is C31H43N5O10S. The topological polar surface area (TPSA) is 203 Å². The van der Waals surface area contributed by atoms with Crippen LogP contribution in [0.15, 0.2) is 22.7 Å². The van der Waals surface area contributed by atoms with Gasteiger partial charge in [0.05, 0.1) is 11.8 Å². The van der Waals surface area contributed by atoms with E-state index in [1.165, 1.54) is 11.0 Å². The normalized spacial score (nSPS) is 29.2. The standard InChI is InChI=1S/C31H43N5O10S/c1-18-14-23(34-46-18)27(39)44-20-15-24-25(37)33-31(28(40)35-47(42,43)21-12-13-21)16-19(31)10-8-6-5-7-9-11-22(26(38)36(24)17-20)32-29(41)45-30(2,3)4/h8,10,14,19-22,24H,5-7,9,11-13,15-17H2,1-4H3,(H,32,41)(H,33,37)(H,35,40)/b10-8-/t19-,20-,22+,24+,31-/m1/s1. The number of aryl methyl sites for hydroxylation is 1. The zero-order valence-corrected chi connectivity index (χ0v) is 27.9. The molecule has 4 amide bonds. The Morgan fingerprint density at radius 1 is 1.13 bits per heavy atom. The van der Waals surface area contributed by atoms with Crippen molar-refractivity contribution in [3.8, 4) is 0 Å². The molecule has 3 fully saturated rings. The third kappa shape index (κ3) is 8.32. The minimum atomic E-state index is -3.90. The lowest BCUT2D eigenvalue weighted by molar-refractivity contribution is -0.141. The van der Waals surface area contributed by atoms with Gasteiger partial charge in [0, 0.05) is 18.4 Å². The van der Waals surface area contributed by atoms with Crippen molar-refractivity contribution in [2.75, 3.05) is 6.54 Å². The Morgan fingerprint density at radius 3 is 2.53 bits per heavy atom. The Labute approximate surface area is 273 Å². The van der Waals surface area contributed by atoms with Crippen LogP contribution in [0.4, 0.5) is 4.79 Å². The summed E-state index contributed by atoms with van der Waals surface area (Å²) in [5, 5.41) is 8.45. The van der Waals surface area contributed by atoms with Crippen LogP contribution in [0.25, 0.3) is 0 Å². The Balaban J connectivity index is 1.42. The van der Waals surface area contributed by atoms with Gasteiger partial charge in [-0.25, -0.2) is 18.0 Å². The number of sulfonamides is 1. The molecule has 0 bridgehead atoms. The minimum Gasteiger partial charge on any atom is -0.456 e. The minimum absolute atomic E-state index is 0.0766. The molecular weight excluding hydrogens is 634 g/mol. The average Bonchev–Trinajstić information content (AvgIpc) is 3.86. The van der Waals surface area contributed by atoms with Gasteiger partial charge in [-0.1, -0.05) is 30.2 Å². The van der Waals surface area contributed by atoms with Gasteiger partial charge in [-0.3, -0.25) is 19.1 Å². The van der Waals surface area contributed by atoms with Crippen LogP contribution in [0.1, 0.15) is 94.8 Å². The Bertz CT molecular complexity index is 1550. The molecule has 2 aliphatic carbocycles. The van der Waals surface area contributed by atoms with E-state index in [0.29, 0.717) is 31.4 Å². The highest BCUT2D eigenvalue weighted by Gasteiger charge is 2.62. The molecule has 0 aromatic carbocycles. The molecule has 258 valence electrons. The van der Waals surface area contributed by atoms with Gasteiger partial charge >= 0.3 is 12.1 Å². The van der Waals surface area contributed by atoms with Gasteiger partial charge in [-0.05, 0) is 66.2 Å². The van der Waals surface area contributed by atoms with Gasteiger partial charge in [0.2, 0.25) is 21.8 Å². The second-order valence-electron chi connectivity index (χ2n) is 13.8. The summed E-state index contributed by atoms with van der Waals surface area (Å²) in [4.78, 5) is 68.5. The fraction of sp³-hybridized carbons (Fsp3) is 0.677. The van der Waals surface area contributed by atoms with Gasteiger partial charge in [0.25, 0.3) is 5.91 Å². The van der Waals surface area contributed by atoms with E-state index in [0.717, 1.165) is 12.8 Å². The fourth-order valence-electron chi connectivity index (χ4n) is 5.97. The highest BCUT2D eigenvalue weighted by Crippen LogP contribution is 2.46. The number of nitrogens with one attached hydrogen (secondary N) is 3. The highest BCUT2D eigenvalue weighted by atomic mass is 32.2. The Kier molecular flexibility index (Phi) is 9.71. The number of carbonyl (C=O) groups excluding carboxylic acids is 5. The van der Waals surface area contributed by atoms with Crippen molar-refractivity contribution in [1.29, 1.82) is 0 Å². The van der Waals surface area contributed by atoms with Crippen LogP contribution in [0, 0.1) is 12.8 Å².